The van der Waals surface area contributed by atoms with Crippen LogP contribution in [0.1, 0.15) is 35.6 Å². The van der Waals surface area contributed by atoms with E-state index in [1.165, 1.54) is 52.4 Å². The highest BCUT2D eigenvalue weighted by molar-refractivity contribution is 6.58. The zero-order valence-electron chi connectivity index (χ0n) is 28.9. The van der Waals surface area contributed by atoms with E-state index in [4.69, 9.17) is 37.1 Å². The zero-order chi connectivity index (χ0) is 38.4. The van der Waals surface area contributed by atoms with Crippen molar-refractivity contribution in [2.45, 2.75) is 54.2 Å². The Kier molecular flexibility index (Phi) is 8.28. The summed E-state index contributed by atoms with van der Waals surface area (Å²) < 4.78 is 35.3. The number of ether oxygens (including phenoxy) is 2. The highest BCUT2D eigenvalue weighted by Gasteiger charge is 2.76. The molecule has 0 unspecified atom stereocenters. The number of aryl methyl sites for hydroxylation is 2. The van der Waals surface area contributed by atoms with Crippen LogP contribution in [-0.4, -0.2) is 64.4 Å². The molecule has 280 valence electrons. The number of carbonyl (C=O) groups excluding carboxylic acids is 2. The zero-order valence-corrected chi connectivity index (χ0v) is 30.4. The van der Waals surface area contributed by atoms with Crippen LogP contribution < -0.4 is 31.3 Å². The van der Waals surface area contributed by atoms with Crippen LogP contribution >= 0.6 is 23.2 Å². The van der Waals surface area contributed by atoms with Gasteiger partial charge in [0.2, 0.25) is 0 Å². The monoisotopic (exact) mass is 780 g/mol. The van der Waals surface area contributed by atoms with Gasteiger partial charge in [0.25, 0.3) is 17.4 Å². The van der Waals surface area contributed by atoms with Gasteiger partial charge in [-0.3, -0.25) is 14.4 Å². The van der Waals surface area contributed by atoms with E-state index in [2.05, 4.69) is 4.98 Å². The molecule has 0 radical (unpaired) electrons. The first kappa shape index (κ1) is 35.6. The lowest BCUT2D eigenvalue weighted by molar-refractivity contribution is -0.122. The predicted octanol–water partition coefficient (Wildman–Crippen LogP) is 2.74. The summed E-state index contributed by atoms with van der Waals surface area (Å²) >= 11 is 14.6. The van der Waals surface area contributed by atoms with Crippen molar-refractivity contribution in [2.24, 2.45) is 7.05 Å². The maximum Gasteiger partial charge on any atom is 0.347 e. The number of aliphatic hydroxyl groups is 1. The fraction of sp³-hybridized carbons (Fsp3) is 0.333. The van der Waals surface area contributed by atoms with E-state index >= 15 is 0 Å². The van der Waals surface area contributed by atoms with Crippen molar-refractivity contribution in [3.8, 4) is 11.5 Å². The quantitative estimate of drug-likeness (QED) is 0.140. The minimum absolute atomic E-state index is 0.0262. The van der Waals surface area contributed by atoms with Gasteiger partial charge in [0.05, 0.1) is 49.4 Å². The Balaban J connectivity index is 1.21. The molecule has 0 bridgehead atoms. The first-order chi connectivity index (χ1) is 25.8. The van der Waals surface area contributed by atoms with E-state index in [1.807, 2.05) is 0 Å². The summed E-state index contributed by atoms with van der Waals surface area (Å²) in [6, 6.07) is 9.80. The number of benzene rings is 2. The van der Waals surface area contributed by atoms with E-state index < -0.39 is 69.3 Å². The van der Waals surface area contributed by atoms with Crippen LogP contribution in [0.25, 0.3) is 11.0 Å². The van der Waals surface area contributed by atoms with Crippen LogP contribution in [0.4, 0.5) is 10.1 Å². The lowest BCUT2D eigenvalue weighted by Crippen LogP contribution is -2.59. The molecule has 0 spiro atoms. The number of carbonyl (C=O) groups is 2. The van der Waals surface area contributed by atoms with Crippen LogP contribution in [0.5, 0.6) is 11.5 Å². The fourth-order valence-electron chi connectivity index (χ4n) is 7.94. The number of amides is 2. The normalized spacial score (nSPS) is 23.3. The van der Waals surface area contributed by atoms with Gasteiger partial charge < -0.3 is 23.6 Å². The second-order valence-corrected chi connectivity index (χ2v) is 14.5. The van der Waals surface area contributed by atoms with Gasteiger partial charge in [0, 0.05) is 38.6 Å². The number of anilines is 1. The van der Waals surface area contributed by atoms with Crippen LogP contribution in [0, 0.1) is 5.82 Å². The summed E-state index contributed by atoms with van der Waals surface area (Å²) in [6.07, 6.45) is 1.16. The molecule has 5 aromatic rings. The molecular formula is C36H31Cl2FN6O9. The Hall–Kier alpha value is -5.45. The number of imide groups is 1. The lowest BCUT2D eigenvalue weighted by Gasteiger charge is -2.48. The molecule has 18 heteroatoms. The van der Waals surface area contributed by atoms with Crippen molar-refractivity contribution >= 4 is 51.7 Å². The molecule has 2 aromatic carbocycles. The average Bonchev–Trinajstić information content (AvgIpc) is 3.78. The van der Waals surface area contributed by atoms with E-state index in [0.29, 0.717) is 28.1 Å². The molecule has 4 atom stereocenters. The Morgan fingerprint density at radius 2 is 1.69 bits per heavy atom. The van der Waals surface area contributed by atoms with E-state index in [-0.39, 0.29) is 42.4 Å². The number of hydrogen-bond donors (Lipinski definition) is 1. The van der Waals surface area contributed by atoms with Crippen LogP contribution in [0.2, 0.25) is 0 Å². The number of methoxy groups -OCH3 is 2. The summed E-state index contributed by atoms with van der Waals surface area (Å²) in [5.74, 6) is -2.62. The molecule has 2 amide bonds. The Labute approximate surface area is 313 Å². The molecule has 8 rings (SSSR count). The summed E-state index contributed by atoms with van der Waals surface area (Å²) in [7, 11) is 4.51. The number of fused-ring (bicyclic) bond motifs is 5. The number of alkyl halides is 2. The molecular weight excluding hydrogens is 750 g/mol. The van der Waals surface area contributed by atoms with Crippen LogP contribution in [-0.2, 0) is 42.8 Å². The van der Waals surface area contributed by atoms with E-state index in [0.717, 1.165) is 21.6 Å². The van der Waals surface area contributed by atoms with Gasteiger partial charge in [-0.05, 0) is 42.0 Å². The van der Waals surface area contributed by atoms with Crippen molar-refractivity contribution in [1.29, 1.82) is 0 Å². The molecule has 15 nitrogen and oxygen atoms in total. The molecule has 1 aliphatic carbocycles. The minimum atomic E-state index is -2.21. The predicted molar refractivity (Wildman–Crippen MR) is 192 cm³/mol. The second kappa shape index (κ2) is 12.6. The van der Waals surface area contributed by atoms with Gasteiger partial charge in [0.15, 0.2) is 21.2 Å². The smallest absolute Gasteiger partial charge is 0.347 e. The SMILES string of the molecule is COc1cc2nc(CCn3c(=O)n4n(c3=O)[C@@H]3C[C@@]5(Cl)C(=O)N(c6ccc(F)cc6)C(=O)[C@@]5(Cl)[C@@H](c5ccc(CO)o5)C3=CC4)c(=O)n(C)c2cc1OC. The van der Waals surface area contributed by atoms with Gasteiger partial charge in [0.1, 0.15) is 29.6 Å². The Morgan fingerprint density at radius 3 is 2.35 bits per heavy atom. The highest BCUT2D eigenvalue weighted by Crippen LogP contribution is 2.64. The molecule has 2 aliphatic heterocycles. The van der Waals surface area contributed by atoms with Gasteiger partial charge in [-0.2, -0.15) is 0 Å². The van der Waals surface area contributed by atoms with Gasteiger partial charge in [-0.25, -0.2) is 37.8 Å². The summed E-state index contributed by atoms with van der Waals surface area (Å²) in [4.78, 5) is 71.2. The number of aliphatic hydroxyl groups excluding tert-OH is 1. The van der Waals surface area contributed by atoms with Crippen molar-refractivity contribution in [2.75, 3.05) is 19.1 Å². The maximum atomic E-state index is 14.4. The number of furan rings is 1. The molecule has 1 saturated heterocycles. The third-order valence-corrected chi connectivity index (χ3v) is 12.0. The average molecular weight is 782 g/mol. The summed E-state index contributed by atoms with van der Waals surface area (Å²) in [5, 5.41) is 9.80. The number of rotatable bonds is 8. The van der Waals surface area contributed by atoms with Crippen molar-refractivity contribution < 1.29 is 33.0 Å². The standard InChI is InChI=1S/C36H31Cl2FN6O9/c1-41-24-15-28(53-3)27(52-2)14-23(24)40-22(30(41)47)11-12-42-33(50)43-13-10-21-25(45(43)34(42)51)16-35(37)31(48)44(19-6-4-18(39)5-7-19)32(49)36(35,38)29(21)26-9-8-20(17-46)54-26/h4-10,14-15,25,29,46H,11-13,16-17H2,1-3H3/t25-,29-,35-,36+/m1/s1. The second-order valence-electron chi connectivity index (χ2n) is 13.3. The summed E-state index contributed by atoms with van der Waals surface area (Å²) in [6.45, 7) is -0.832. The third-order valence-electron chi connectivity index (χ3n) is 10.6. The van der Waals surface area contributed by atoms with Crippen molar-refractivity contribution in [1.82, 2.24) is 23.5 Å². The Morgan fingerprint density at radius 1 is 0.981 bits per heavy atom. The van der Waals surface area contributed by atoms with Crippen molar-refractivity contribution in [3.05, 3.63) is 115 Å². The van der Waals surface area contributed by atoms with Gasteiger partial charge in [-0.15, -0.1) is 23.2 Å². The number of hydrogen-bond acceptors (Lipinski definition) is 10. The fourth-order valence-corrected chi connectivity index (χ4v) is 8.83. The summed E-state index contributed by atoms with van der Waals surface area (Å²) in [5.41, 5.74) is -0.480. The molecule has 3 aromatic heterocycles. The first-order valence-corrected chi connectivity index (χ1v) is 17.5. The van der Waals surface area contributed by atoms with E-state index in [9.17, 15) is 33.5 Å². The first-order valence-electron chi connectivity index (χ1n) is 16.7. The Bertz CT molecular complexity index is 2630. The topological polar surface area (TPSA) is 173 Å². The number of allylic oxidation sites excluding steroid dienone is 2. The number of aromatic nitrogens is 5. The molecule has 5 heterocycles. The van der Waals surface area contributed by atoms with Crippen LogP contribution in [0.3, 0.4) is 0 Å². The highest BCUT2D eigenvalue weighted by atomic mass is 35.5. The molecule has 54 heavy (non-hydrogen) atoms. The van der Waals surface area contributed by atoms with Gasteiger partial charge >= 0.3 is 11.4 Å². The molecule has 2 fully saturated rings. The number of nitrogens with zero attached hydrogens (tertiary/aromatic N) is 6. The largest absolute Gasteiger partial charge is 0.493 e. The van der Waals surface area contributed by atoms with Crippen LogP contribution in [0.15, 0.2) is 79.0 Å². The maximum absolute atomic E-state index is 14.4. The third kappa shape index (κ3) is 4.82. The molecule has 1 saturated carbocycles. The molecule has 1 N–H and O–H groups in total. The van der Waals surface area contributed by atoms with Gasteiger partial charge in [-0.1, -0.05) is 6.08 Å². The minimum Gasteiger partial charge on any atom is -0.493 e. The lowest BCUT2D eigenvalue weighted by atomic mass is 9.65. The van der Waals surface area contributed by atoms with E-state index in [1.54, 1.807) is 25.3 Å². The molecule has 3 aliphatic rings. The van der Waals surface area contributed by atoms with Crippen molar-refractivity contribution in [3.63, 3.8) is 0 Å². The number of halogens is 3.